The Morgan fingerprint density at radius 2 is 2.04 bits per heavy atom. The van der Waals surface area contributed by atoms with Gasteiger partial charge in [-0.1, -0.05) is 13.0 Å². The zero-order valence-corrected chi connectivity index (χ0v) is 14.4. The molecule has 1 aromatic heterocycles. The molecule has 0 saturated carbocycles. The van der Waals surface area contributed by atoms with Crippen LogP contribution in [-0.4, -0.2) is 35.8 Å². The average molecular weight is 337 g/mol. The van der Waals surface area contributed by atoms with Crippen LogP contribution in [0.3, 0.4) is 0 Å². The van der Waals surface area contributed by atoms with Gasteiger partial charge in [0.15, 0.2) is 0 Å². The van der Waals surface area contributed by atoms with E-state index in [2.05, 4.69) is 0 Å². The Morgan fingerprint density at radius 3 is 2.57 bits per heavy atom. The van der Waals surface area contributed by atoms with Gasteiger partial charge in [0.05, 0.1) is 12.5 Å². The molecule has 1 unspecified atom stereocenters. The molecule has 0 aromatic carbocycles. The quantitative estimate of drug-likeness (QED) is 0.567. The SMILES string of the molecule is CCOC(=O)C(CC)CCN1C(=O)CC(c2cccs2)CC1=O. The maximum atomic E-state index is 12.3. The fourth-order valence-electron chi connectivity index (χ4n) is 2.86. The zero-order chi connectivity index (χ0) is 16.8. The van der Waals surface area contributed by atoms with Crippen molar-refractivity contribution >= 4 is 29.1 Å². The van der Waals surface area contributed by atoms with Crippen LogP contribution in [0.4, 0.5) is 0 Å². The summed E-state index contributed by atoms with van der Waals surface area (Å²) in [6.07, 6.45) is 1.84. The van der Waals surface area contributed by atoms with Crippen LogP contribution in [0.15, 0.2) is 17.5 Å². The van der Waals surface area contributed by atoms with Gasteiger partial charge in [-0.3, -0.25) is 19.3 Å². The number of amides is 2. The Bertz CT molecular complexity index is 537. The maximum Gasteiger partial charge on any atom is 0.308 e. The molecule has 1 atom stereocenters. The monoisotopic (exact) mass is 337 g/mol. The molecule has 1 aliphatic rings. The van der Waals surface area contributed by atoms with E-state index in [-0.39, 0.29) is 29.6 Å². The third kappa shape index (κ3) is 4.41. The number of carbonyl (C=O) groups is 3. The second kappa shape index (κ2) is 8.24. The highest BCUT2D eigenvalue weighted by Crippen LogP contribution is 2.32. The molecule has 1 aromatic rings. The number of imide groups is 1. The Labute approximate surface area is 140 Å². The van der Waals surface area contributed by atoms with Crippen molar-refractivity contribution in [1.82, 2.24) is 4.90 Å². The van der Waals surface area contributed by atoms with Gasteiger partial charge in [-0.05, 0) is 31.2 Å². The molecule has 0 aliphatic carbocycles. The van der Waals surface area contributed by atoms with Gasteiger partial charge in [0.2, 0.25) is 11.8 Å². The predicted octanol–water partition coefficient (Wildman–Crippen LogP) is 2.96. The van der Waals surface area contributed by atoms with Crippen molar-refractivity contribution in [2.75, 3.05) is 13.2 Å². The number of thiophene rings is 1. The van der Waals surface area contributed by atoms with Crippen LogP contribution in [-0.2, 0) is 19.1 Å². The molecule has 5 nitrogen and oxygen atoms in total. The number of rotatable bonds is 7. The topological polar surface area (TPSA) is 63.7 Å². The van der Waals surface area contributed by atoms with Crippen molar-refractivity contribution in [3.8, 4) is 0 Å². The molecule has 2 heterocycles. The largest absolute Gasteiger partial charge is 0.466 e. The first-order chi connectivity index (χ1) is 11.1. The van der Waals surface area contributed by atoms with Crippen LogP contribution < -0.4 is 0 Å². The van der Waals surface area contributed by atoms with Crippen LogP contribution in [0, 0.1) is 5.92 Å². The second-order valence-electron chi connectivity index (χ2n) is 5.71. The Morgan fingerprint density at radius 1 is 1.35 bits per heavy atom. The lowest BCUT2D eigenvalue weighted by atomic mass is 9.93. The number of esters is 1. The number of nitrogens with zero attached hydrogens (tertiary/aromatic N) is 1. The van der Waals surface area contributed by atoms with Crippen LogP contribution in [0.25, 0.3) is 0 Å². The third-order valence-electron chi connectivity index (χ3n) is 4.20. The summed E-state index contributed by atoms with van der Waals surface area (Å²) in [5.74, 6) is -0.788. The standard InChI is InChI=1S/C17H23NO4S/c1-3-12(17(21)22-4-2)7-8-18-15(19)10-13(11-16(18)20)14-6-5-9-23-14/h5-6,9,12-13H,3-4,7-8,10-11H2,1-2H3. The highest BCUT2D eigenvalue weighted by molar-refractivity contribution is 7.10. The second-order valence-corrected chi connectivity index (χ2v) is 6.68. The molecule has 23 heavy (non-hydrogen) atoms. The van der Waals surface area contributed by atoms with E-state index in [0.29, 0.717) is 38.8 Å². The summed E-state index contributed by atoms with van der Waals surface area (Å²) >= 11 is 1.58. The van der Waals surface area contributed by atoms with Gasteiger partial charge in [0, 0.05) is 30.2 Å². The van der Waals surface area contributed by atoms with Crippen molar-refractivity contribution < 1.29 is 19.1 Å². The van der Waals surface area contributed by atoms with E-state index in [1.165, 1.54) is 4.90 Å². The lowest BCUT2D eigenvalue weighted by Crippen LogP contribution is -2.43. The number of hydrogen-bond donors (Lipinski definition) is 0. The van der Waals surface area contributed by atoms with E-state index in [0.717, 1.165) is 4.88 Å². The first-order valence-corrected chi connectivity index (χ1v) is 8.98. The summed E-state index contributed by atoms with van der Waals surface area (Å²) in [7, 11) is 0. The first kappa shape index (κ1) is 17.7. The molecule has 1 fully saturated rings. The lowest BCUT2D eigenvalue weighted by molar-refractivity contribution is -0.152. The van der Waals surface area contributed by atoms with Crippen molar-refractivity contribution in [2.45, 2.75) is 45.4 Å². The summed E-state index contributed by atoms with van der Waals surface area (Å²) < 4.78 is 5.03. The fraction of sp³-hybridized carbons (Fsp3) is 0.588. The minimum Gasteiger partial charge on any atom is -0.466 e. The lowest BCUT2D eigenvalue weighted by Gasteiger charge is -2.30. The average Bonchev–Trinajstić information content (AvgIpc) is 3.04. The molecular weight excluding hydrogens is 314 g/mol. The Kier molecular flexibility index (Phi) is 6.33. The third-order valence-corrected chi connectivity index (χ3v) is 5.24. The molecule has 0 N–H and O–H groups in total. The molecule has 0 bridgehead atoms. The first-order valence-electron chi connectivity index (χ1n) is 8.10. The van der Waals surface area contributed by atoms with E-state index in [9.17, 15) is 14.4 Å². The van der Waals surface area contributed by atoms with Crippen molar-refractivity contribution in [3.63, 3.8) is 0 Å². The Hall–Kier alpha value is -1.69. The van der Waals surface area contributed by atoms with E-state index < -0.39 is 0 Å². The van der Waals surface area contributed by atoms with Crippen LogP contribution in [0.2, 0.25) is 0 Å². The van der Waals surface area contributed by atoms with Crippen LogP contribution in [0.1, 0.15) is 50.3 Å². The number of ether oxygens (including phenoxy) is 1. The molecular formula is C17H23NO4S. The minimum atomic E-state index is -0.259. The summed E-state index contributed by atoms with van der Waals surface area (Å²) in [5, 5.41) is 1.96. The smallest absolute Gasteiger partial charge is 0.308 e. The van der Waals surface area contributed by atoms with Gasteiger partial charge in [0.25, 0.3) is 0 Å². The summed E-state index contributed by atoms with van der Waals surface area (Å²) in [4.78, 5) is 38.8. The van der Waals surface area contributed by atoms with Gasteiger partial charge in [-0.2, -0.15) is 0 Å². The van der Waals surface area contributed by atoms with Crippen LogP contribution >= 0.6 is 11.3 Å². The molecule has 6 heteroatoms. The summed E-state index contributed by atoms with van der Waals surface area (Å²) in [6.45, 7) is 4.33. The van der Waals surface area contributed by atoms with Gasteiger partial charge >= 0.3 is 5.97 Å². The predicted molar refractivity (Wildman–Crippen MR) is 88.0 cm³/mol. The Balaban J connectivity index is 1.92. The summed E-state index contributed by atoms with van der Waals surface area (Å²) in [5.41, 5.74) is 0. The van der Waals surface area contributed by atoms with Gasteiger partial charge in [0.1, 0.15) is 0 Å². The van der Waals surface area contributed by atoms with E-state index in [1.54, 1.807) is 18.3 Å². The highest BCUT2D eigenvalue weighted by atomic mass is 32.1. The normalized spacial score (nSPS) is 17.4. The van der Waals surface area contributed by atoms with E-state index in [1.807, 2.05) is 24.4 Å². The molecule has 1 saturated heterocycles. The van der Waals surface area contributed by atoms with E-state index in [4.69, 9.17) is 4.74 Å². The highest BCUT2D eigenvalue weighted by Gasteiger charge is 2.34. The van der Waals surface area contributed by atoms with Gasteiger partial charge in [-0.15, -0.1) is 11.3 Å². The zero-order valence-electron chi connectivity index (χ0n) is 13.6. The minimum absolute atomic E-state index is 0.00159. The molecule has 126 valence electrons. The number of likely N-dealkylation sites (tertiary alicyclic amines) is 1. The van der Waals surface area contributed by atoms with Gasteiger partial charge in [-0.25, -0.2) is 0 Å². The fourth-order valence-corrected chi connectivity index (χ4v) is 3.69. The number of hydrogen-bond acceptors (Lipinski definition) is 5. The molecule has 2 amide bonds. The van der Waals surface area contributed by atoms with Gasteiger partial charge < -0.3 is 4.74 Å². The van der Waals surface area contributed by atoms with Crippen molar-refractivity contribution in [1.29, 1.82) is 0 Å². The summed E-state index contributed by atoms with van der Waals surface area (Å²) in [6, 6.07) is 3.91. The number of carbonyl (C=O) groups excluding carboxylic acids is 3. The number of piperidine rings is 1. The van der Waals surface area contributed by atoms with Crippen molar-refractivity contribution in [2.24, 2.45) is 5.92 Å². The molecule has 2 rings (SSSR count). The molecule has 0 radical (unpaired) electrons. The molecule has 0 spiro atoms. The van der Waals surface area contributed by atoms with Crippen molar-refractivity contribution in [3.05, 3.63) is 22.4 Å². The maximum absolute atomic E-state index is 12.3. The molecule has 1 aliphatic heterocycles. The van der Waals surface area contributed by atoms with E-state index >= 15 is 0 Å². The van der Waals surface area contributed by atoms with Crippen LogP contribution in [0.5, 0.6) is 0 Å².